The van der Waals surface area contributed by atoms with Crippen molar-refractivity contribution in [3.05, 3.63) is 29.0 Å². The molecule has 0 unspecified atom stereocenters. The van der Waals surface area contributed by atoms with E-state index < -0.39 is 5.82 Å². The summed E-state index contributed by atoms with van der Waals surface area (Å²) in [4.78, 5) is 12.2. The van der Waals surface area contributed by atoms with Crippen LogP contribution in [0.5, 0.6) is 0 Å². The Morgan fingerprint density at radius 2 is 2.17 bits per heavy atom. The first-order chi connectivity index (χ1) is 11.0. The first kappa shape index (κ1) is 18.5. The first-order valence-corrected chi connectivity index (χ1v) is 9.94. The Bertz CT molecular complexity index is 683. The van der Waals surface area contributed by atoms with Crippen LogP contribution in [0.25, 0.3) is 0 Å². The van der Waals surface area contributed by atoms with Crippen molar-refractivity contribution in [3.63, 3.8) is 0 Å². The topological polar surface area (TPSA) is 54.9 Å². The Labute approximate surface area is 151 Å². The fourth-order valence-electron chi connectivity index (χ4n) is 1.52. The molecule has 0 aliphatic heterocycles. The molecule has 1 aromatic heterocycles. The van der Waals surface area contributed by atoms with Crippen LogP contribution in [0.15, 0.2) is 26.9 Å². The van der Waals surface area contributed by atoms with E-state index in [1.54, 1.807) is 18.7 Å². The third kappa shape index (κ3) is 5.63. The number of rotatable bonds is 7. The largest absolute Gasteiger partial charge is 0.324 e. The SMILES string of the molecule is CCCSc1nnc(S[C@@H](C)C(=O)Nc2ccc(F)cc2Cl)s1. The molecule has 0 saturated heterocycles. The van der Waals surface area contributed by atoms with Crippen molar-refractivity contribution >= 4 is 58.1 Å². The standard InChI is InChI=1S/C14H15ClFN3OS3/c1-3-6-21-13-18-19-14(23-13)22-8(2)12(20)17-11-5-4-9(16)7-10(11)15/h4-5,7-8H,3,6H2,1-2H3,(H,17,20)/t8-/m0/s1. The van der Waals surface area contributed by atoms with E-state index in [1.807, 2.05) is 0 Å². The molecule has 124 valence electrons. The average Bonchev–Trinajstić information content (AvgIpc) is 2.95. The molecule has 9 heteroatoms. The van der Waals surface area contributed by atoms with Crippen molar-refractivity contribution < 1.29 is 9.18 Å². The third-order valence-corrected chi connectivity index (χ3v) is 6.41. The van der Waals surface area contributed by atoms with Gasteiger partial charge in [0.1, 0.15) is 5.82 Å². The molecule has 0 aliphatic rings. The molecule has 0 saturated carbocycles. The van der Waals surface area contributed by atoms with Gasteiger partial charge in [-0.1, -0.05) is 53.4 Å². The Morgan fingerprint density at radius 1 is 1.43 bits per heavy atom. The molecule has 1 N–H and O–H groups in total. The van der Waals surface area contributed by atoms with Gasteiger partial charge in [-0.25, -0.2) is 4.39 Å². The summed E-state index contributed by atoms with van der Waals surface area (Å²) in [7, 11) is 0. The number of benzene rings is 1. The normalized spacial score (nSPS) is 12.2. The lowest BCUT2D eigenvalue weighted by molar-refractivity contribution is -0.115. The molecule has 1 aromatic carbocycles. The maximum Gasteiger partial charge on any atom is 0.237 e. The van der Waals surface area contributed by atoms with E-state index in [2.05, 4.69) is 22.4 Å². The van der Waals surface area contributed by atoms with Gasteiger partial charge in [0.2, 0.25) is 5.91 Å². The number of nitrogens with zero attached hydrogens (tertiary/aromatic N) is 2. The molecule has 23 heavy (non-hydrogen) atoms. The number of carbonyl (C=O) groups is 1. The highest BCUT2D eigenvalue weighted by Crippen LogP contribution is 2.32. The second-order valence-corrected chi connectivity index (χ2v) is 8.87. The van der Waals surface area contributed by atoms with Crippen LogP contribution >= 0.6 is 46.5 Å². The van der Waals surface area contributed by atoms with Crippen LogP contribution in [0.4, 0.5) is 10.1 Å². The van der Waals surface area contributed by atoms with Crippen LogP contribution in [0.1, 0.15) is 20.3 Å². The minimum Gasteiger partial charge on any atom is -0.324 e. The molecular formula is C14H15ClFN3OS3. The first-order valence-electron chi connectivity index (χ1n) is 6.88. The molecule has 4 nitrogen and oxygen atoms in total. The summed E-state index contributed by atoms with van der Waals surface area (Å²) in [5, 5.41) is 10.7. The van der Waals surface area contributed by atoms with Crippen LogP contribution in [-0.2, 0) is 4.79 Å². The second-order valence-electron chi connectivity index (χ2n) is 4.56. The minimum absolute atomic E-state index is 0.171. The highest BCUT2D eigenvalue weighted by Gasteiger charge is 2.18. The monoisotopic (exact) mass is 391 g/mol. The van der Waals surface area contributed by atoms with Gasteiger partial charge in [-0.05, 0) is 31.5 Å². The smallest absolute Gasteiger partial charge is 0.237 e. The van der Waals surface area contributed by atoms with E-state index in [-0.39, 0.29) is 16.2 Å². The number of amides is 1. The van der Waals surface area contributed by atoms with E-state index in [0.717, 1.165) is 26.9 Å². The zero-order valence-corrected chi connectivity index (χ0v) is 15.7. The fraction of sp³-hybridized carbons (Fsp3) is 0.357. The van der Waals surface area contributed by atoms with Crippen molar-refractivity contribution in [1.29, 1.82) is 0 Å². The average molecular weight is 392 g/mol. The molecule has 0 fully saturated rings. The molecule has 1 amide bonds. The van der Waals surface area contributed by atoms with E-state index in [1.165, 1.54) is 35.2 Å². The number of nitrogens with one attached hydrogen (secondary N) is 1. The summed E-state index contributed by atoms with van der Waals surface area (Å²) in [5.74, 6) is 0.334. The van der Waals surface area contributed by atoms with Crippen LogP contribution in [0.3, 0.4) is 0 Å². The maximum atomic E-state index is 13.0. The molecule has 2 aromatic rings. The maximum absolute atomic E-state index is 13.0. The fourth-order valence-corrected chi connectivity index (χ4v) is 4.83. The van der Waals surface area contributed by atoms with Gasteiger partial charge < -0.3 is 5.32 Å². The summed E-state index contributed by atoms with van der Waals surface area (Å²) in [5.41, 5.74) is 0.391. The summed E-state index contributed by atoms with van der Waals surface area (Å²) in [6.07, 6.45) is 1.07. The van der Waals surface area contributed by atoms with Crippen molar-refractivity contribution in [2.24, 2.45) is 0 Å². The van der Waals surface area contributed by atoms with Gasteiger partial charge in [0.25, 0.3) is 0 Å². The number of halogens is 2. The van der Waals surface area contributed by atoms with Gasteiger partial charge in [-0.15, -0.1) is 10.2 Å². The van der Waals surface area contributed by atoms with E-state index in [9.17, 15) is 9.18 Å². The van der Waals surface area contributed by atoms with Crippen molar-refractivity contribution in [1.82, 2.24) is 10.2 Å². The Kier molecular flexibility index (Phi) is 7.13. The van der Waals surface area contributed by atoms with Crippen molar-refractivity contribution in [2.75, 3.05) is 11.1 Å². The quantitative estimate of drug-likeness (QED) is 0.676. The highest BCUT2D eigenvalue weighted by molar-refractivity contribution is 8.03. The zero-order valence-electron chi connectivity index (χ0n) is 12.5. The van der Waals surface area contributed by atoms with Crippen molar-refractivity contribution in [3.8, 4) is 0 Å². The van der Waals surface area contributed by atoms with Gasteiger partial charge in [0, 0.05) is 5.75 Å². The van der Waals surface area contributed by atoms with Gasteiger partial charge in [0.05, 0.1) is 16.0 Å². The number of anilines is 1. The molecule has 2 rings (SSSR count). The molecule has 0 aliphatic carbocycles. The van der Waals surface area contributed by atoms with E-state index in [0.29, 0.717) is 5.69 Å². The summed E-state index contributed by atoms with van der Waals surface area (Å²) >= 11 is 10.4. The molecule has 0 spiro atoms. The van der Waals surface area contributed by atoms with Crippen molar-refractivity contribution in [2.45, 2.75) is 34.2 Å². The number of carbonyl (C=O) groups excluding carboxylic acids is 1. The van der Waals surface area contributed by atoms with Gasteiger partial charge in [-0.3, -0.25) is 4.79 Å². The number of aromatic nitrogens is 2. The van der Waals surface area contributed by atoms with Crippen LogP contribution in [0.2, 0.25) is 5.02 Å². The predicted octanol–water partition coefficient (Wildman–Crippen LogP) is 4.95. The lowest BCUT2D eigenvalue weighted by Crippen LogP contribution is -2.22. The van der Waals surface area contributed by atoms with Gasteiger partial charge >= 0.3 is 0 Å². The lowest BCUT2D eigenvalue weighted by atomic mass is 10.3. The van der Waals surface area contributed by atoms with Crippen LogP contribution in [0, 0.1) is 5.82 Å². The Morgan fingerprint density at radius 3 is 2.87 bits per heavy atom. The molecule has 0 radical (unpaired) electrons. The van der Waals surface area contributed by atoms with Gasteiger partial charge in [0.15, 0.2) is 8.68 Å². The Hall–Kier alpha value is -0.830. The summed E-state index contributed by atoms with van der Waals surface area (Å²) in [6, 6.07) is 3.86. The number of hydrogen-bond donors (Lipinski definition) is 1. The Balaban J connectivity index is 1.93. The second kappa shape index (κ2) is 8.86. The lowest BCUT2D eigenvalue weighted by Gasteiger charge is -2.11. The van der Waals surface area contributed by atoms with Gasteiger partial charge in [-0.2, -0.15) is 0 Å². The van der Waals surface area contributed by atoms with E-state index >= 15 is 0 Å². The molecule has 1 atom stereocenters. The molecule has 1 heterocycles. The number of hydrogen-bond acceptors (Lipinski definition) is 6. The zero-order chi connectivity index (χ0) is 16.8. The minimum atomic E-state index is -0.443. The summed E-state index contributed by atoms with van der Waals surface area (Å²) in [6.45, 7) is 3.88. The van der Waals surface area contributed by atoms with E-state index in [4.69, 9.17) is 11.6 Å². The molecular weight excluding hydrogens is 377 g/mol. The molecule has 0 bridgehead atoms. The third-order valence-electron chi connectivity index (χ3n) is 2.65. The summed E-state index contributed by atoms with van der Waals surface area (Å²) < 4.78 is 14.7. The number of thioether (sulfide) groups is 2. The van der Waals surface area contributed by atoms with Crippen LogP contribution in [-0.4, -0.2) is 27.1 Å². The highest BCUT2D eigenvalue weighted by atomic mass is 35.5. The van der Waals surface area contributed by atoms with Crippen LogP contribution < -0.4 is 5.32 Å². The predicted molar refractivity (Wildman–Crippen MR) is 96.3 cm³/mol.